The molecule has 0 aliphatic carbocycles. The fourth-order valence-electron chi connectivity index (χ4n) is 4.00. The second-order valence-corrected chi connectivity index (χ2v) is 8.68. The summed E-state index contributed by atoms with van der Waals surface area (Å²) < 4.78 is 24.1. The topological polar surface area (TPSA) is 98.0 Å². The minimum atomic E-state index is -0.688. The summed E-state index contributed by atoms with van der Waals surface area (Å²) in [6.07, 6.45) is 1.02. The molecular weight excluding hydrogens is 487 g/mol. The van der Waals surface area contributed by atoms with E-state index in [0.717, 1.165) is 0 Å². The van der Waals surface area contributed by atoms with Crippen LogP contribution in [0.3, 0.4) is 0 Å². The van der Waals surface area contributed by atoms with E-state index in [9.17, 15) is 14.0 Å². The van der Waals surface area contributed by atoms with Crippen molar-refractivity contribution in [3.63, 3.8) is 0 Å². The fourth-order valence-corrected chi connectivity index (χ4v) is 4.27. The van der Waals surface area contributed by atoms with Crippen molar-refractivity contribution < 1.29 is 23.5 Å². The number of aromatic nitrogens is 1. The molecule has 1 aliphatic rings. The zero-order valence-electron chi connectivity index (χ0n) is 19.7. The third kappa shape index (κ3) is 5.27. The van der Waals surface area contributed by atoms with Gasteiger partial charge in [0.1, 0.15) is 6.17 Å². The molecule has 8 nitrogen and oxygen atoms in total. The Labute approximate surface area is 213 Å². The number of fused-ring (bicyclic) bond motifs is 1. The van der Waals surface area contributed by atoms with E-state index in [2.05, 4.69) is 11.6 Å². The summed E-state index contributed by atoms with van der Waals surface area (Å²) in [6.45, 7) is 4.55. The molecular formula is C26H26ClFN4O4. The van der Waals surface area contributed by atoms with E-state index < -0.39 is 18.1 Å². The zero-order valence-corrected chi connectivity index (χ0v) is 20.5. The summed E-state index contributed by atoms with van der Waals surface area (Å²) in [5.74, 6) is -0.627. The Morgan fingerprint density at radius 1 is 1.25 bits per heavy atom. The number of hydrogen-bond donors (Lipinski definition) is 1. The van der Waals surface area contributed by atoms with Gasteiger partial charge in [-0.05, 0) is 42.8 Å². The van der Waals surface area contributed by atoms with Gasteiger partial charge in [0.05, 0.1) is 36.5 Å². The predicted octanol–water partition coefficient (Wildman–Crippen LogP) is 4.46. The Morgan fingerprint density at radius 3 is 2.78 bits per heavy atom. The monoisotopic (exact) mass is 512 g/mol. The van der Waals surface area contributed by atoms with E-state index in [-0.39, 0.29) is 31.4 Å². The van der Waals surface area contributed by atoms with Gasteiger partial charge in [0.2, 0.25) is 0 Å². The lowest BCUT2D eigenvalue weighted by Crippen LogP contribution is -2.60. The third-order valence-corrected chi connectivity index (χ3v) is 6.25. The van der Waals surface area contributed by atoms with Gasteiger partial charge >= 0.3 is 6.09 Å². The molecule has 0 bridgehead atoms. The number of methoxy groups -OCH3 is 1. The quantitative estimate of drug-likeness (QED) is 0.387. The molecule has 4 rings (SSSR count). The summed E-state index contributed by atoms with van der Waals surface area (Å²) in [5, 5.41) is 1.12. The van der Waals surface area contributed by atoms with Crippen molar-refractivity contribution >= 4 is 34.5 Å². The number of halogens is 2. The number of pyridine rings is 1. The second-order valence-electron chi connectivity index (χ2n) is 8.27. The lowest BCUT2D eigenvalue weighted by Gasteiger charge is -2.38. The Kier molecular flexibility index (Phi) is 7.71. The second kappa shape index (κ2) is 10.9. The van der Waals surface area contributed by atoms with Crippen LogP contribution in [-0.2, 0) is 4.74 Å². The number of piperazine rings is 1. The van der Waals surface area contributed by atoms with Crippen LogP contribution in [0.25, 0.3) is 22.2 Å². The average molecular weight is 513 g/mol. The fraction of sp³-hybridized carbons (Fsp3) is 0.269. The molecule has 2 heterocycles. The van der Waals surface area contributed by atoms with Crippen LogP contribution in [0.15, 0.2) is 55.1 Å². The first-order valence-electron chi connectivity index (χ1n) is 11.4. The molecule has 1 aliphatic heterocycles. The maximum atomic E-state index is 13.8. The van der Waals surface area contributed by atoms with Gasteiger partial charge in [-0.15, -0.1) is 6.58 Å². The highest BCUT2D eigenvalue weighted by Gasteiger charge is 2.31. The molecule has 36 heavy (non-hydrogen) atoms. The summed E-state index contributed by atoms with van der Waals surface area (Å²) in [5.41, 5.74) is 8.23. The maximum absolute atomic E-state index is 13.8. The average Bonchev–Trinajstić information content (AvgIpc) is 2.88. The van der Waals surface area contributed by atoms with Crippen LogP contribution in [0, 0.1) is 5.82 Å². The van der Waals surface area contributed by atoms with Crippen molar-refractivity contribution in [2.45, 2.75) is 12.6 Å². The molecule has 0 unspecified atom stereocenters. The zero-order chi connectivity index (χ0) is 25.8. The van der Waals surface area contributed by atoms with Gasteiger partial charge in [0.15, 0.2) is 11.6 Å². The Morgan fingerprint density at radius 2 is 2.06 bits per heavy atom. The van der Waals surface area contributed by atoms with Crippen LogP contribution in [0.1, 0.15) is 16.8 Å². The molecule has 2 aromatic carbocycles. The highest BCUT2D eigenvalue weighted by Crippen LogP contribution is 2.31. The standard InChI is InChI=1S/C26H26ClFN4O4/c1-3-4-11-36-26(34)32-10-9-31(15-24(32)29)25(33)17-5-7-18-19(27)14-21(30-22(18)12-17)16-6-8-20(28)23(13-16)35-2/h3,5-8,12-14,24H,1,4,9-11,15,29H2,2H3/t24-/m0/s1. The van der Waals surface area contributed by atoms with Crippen molar-refractivity contribution in [1.29, 1.82) is 0 Å². The van der Waals surface area contributed by atoms with Crippen molar-refractivity contribution in [3.05, 3.63) is 71.5 Å². The molecule has 0 saturated carbocycles. The highest BCUT2D eigenvalue weighted by molar-refractivity contribution is 6.35. The van der Waals surface area contributed by atoms with Gasteiger partial charge in [0.25, 0.3) is 5.91 Å². The molecule has 1 fully saturated rings. The van der Waals surface area contributed by atoms with Crippen molar-refractivity contribution in [1.82, 2.24) is 14.8 Å². The third-order valence-electron chi connectivity index (χ3n) is 5.94. The van der Waals surface area contributed by atoms with Crippen LogP contribution in [0.2, 0.25) is 5.02 Å². The van der Waals surface area contributed by atoms with Crippen LogP contribution < -0.4 is 10.5 Å². The molecule has 1 saturated heterocycles. The number of benzene rings is 2. The molecule has 188 valence electrons. The molecule has 1 aromatic heterocycles. The number of nitrogens with two attached hydrogens (primary N) is 1. The molecule has 0 spiro atoms. The lowest BCUT2D eigenvalue weighted by atomic mass is 10.1. The van der Waals surface area contributed by atoms with E-state index in [1.807, 2.05) is 0 Å². The van der Waals surface area contributed by atoms with Crippen molar-refractivity contribution in [2.75, 3.05) is 33.4 Å². The van der Waals surface area contributed by atoms with Crippen molar-refractivity contribution in [3.8, 4) is 17.0 Å². The Balaban J connectivity index is 1.54. The number of nitrogens with zero attached hydrogens (tertiary/aromatic N) is 3. The number of carbonyl (C=O) groups is 2. The van der Waals surface area contributed by atoms with Gasteiger partial charge < -0.3 is 20.1 Å². The summed E-state index contributed by atoms with van der Waals surface area (Å²) in [4.78, 5) is 33.2. The number of hydrogen-bond acceptors (Lipinski definition) is 6. The minimum Gasteiger partial charge on any atom is -0.494 e. The van der Waals surface area contributed by atoms with Crippen molar-refractivity contribution in [2.24, 2.45) is 5.73 Å². The minimum absolute atomic E-state index is 0.0921. The van der Waals surface area contributed by atoms with E-state index in [1.54, 1.807) is 41.3 Å². The Bertz CT molecular complexity index is 1320. The van der Waals surface area contributed by atoms with Crippen LogP contribution in [0.5, 0.6) is 5.75 Å². The van der Waals surface area contributed by atoms with Crippen LogP contribution >= 0.6 is 11.6 Å². The number of amides is 2. The van der Waals surface area contributed by atoms with Crippen LogP contribution in [0.4, 0.5) is 9.18 Å². The van der Waals surface area contributed by atoms with Gasteiger partial charge in [-0.3, -0.25) is 9.69 Å². The van der Waals surface area contributed by atoms with Gasteiger partial charge in [-0.1, -0.05) is 23.7 Å². The molecule has 2 N–H and O–H groups in total. The van der Waals surface area contributed by atoms with E-state index in [0.29, 0.717) is 45.7 Å². The molecule has 0 radical (unpaired) electrons. The van der Waals surface area contributed by atoms with Gasteiger partial charge in [-0.2, -0.15) is 0 Å². The van der Waals surface area contributed by atoms with Crippen LogP contribution in [-0.4, -0.2) is 66.3 Å². The highest BCUT2D eigenvalue weighted by atomic mass is 35.5. The summed E-state index contributed by atoms with van der Waals surface area (Å²) in [7, 11) is 1.39. The first kappa shape index (κ1) is 25.4. The molecule has 2 amide bonds. The number of rotatable bonds is 6. The normalized spacial score (nSPS) is 15.6. The first-order valence-corrected chi connectivity index (χ1v) is 11.7. The largest absolute Gasteiger partial charge is 0.494 e. The summed E-state index contributed by atoms with van der Waals surface area (Å²) in [6, 6.07) is 11.2. The Hall–Kier alpha value is -3.69. The van der Waals surface area contributed by atoms with Gasteiger partial charge in [-0.25, -0.2) is 14.2 Å². The first-order chi connectivity index (χ1) is 17.3. The van der Waals surface area contributed by atoms with Gasteiger partial charge in [0, 0.05) is 29.6 Å². The molecule has 3 aromatic rings. The maximum Gasteiger partial charge on any atom is 0.411 e. The smallest absolute Gasteiger partial charge is 0.411 e. The SMILES string of the molecule is C=CCCOC(=O)N1CCN(C(=O)c2ccc3c(Cl)cc(-c4ccc(F)c(OC)c4)nc3c2)C[C@H]1N. The van der Waals surface area contributed by atoms with E-state index >= 15 is 0 Å². The van der Waals surface area contributed by atoms with E-state index in [1.165, 1.54) is 24.1 Å². The predicted molar refractivity (Wildman–Crippen MR) is 135 cm³/mol. The number of ether oxygens (including phenoxy) is 2. The molecule has 10 heteroatoms. The summed E-state index contributed by atoms with van der Waals surface area (Å²) >= 11 is 6.50. The number of carbonyl (C=O) groups excluding carboxylic acids is 2. The molecule has 1 atom stereocenters. The van der Waals surface area contributed by atoms with E-state index in [4.69, 9.17) is 26.8 Å². The lowest BCUT2D eigenvalue weighted by molar-refractivity contribution is 0.0394.